The third kappa shape index (κ3) is 3.70. The number of rotatable bonds is 6. The minimum Gasteiger partial charge on any atom is -0.492 e. The van der Waals surface area contributed by atoms with Crippen molar-refractivity contribution >= 4 is 5.91 Å². The number of hydrogen-bond donors (Lipinski definition) is 2. The molecule has 0 aliphatic rings. The standard InChI is InChI=1S/C13H19FN2O2/c1-8(13(15)17)7-18-12-5-4-10(14)6-11(12)9(2)16-3/h4-6,8-9,16H,7H2,1-3H3,(H2,15,17). The van der Waals surface area contributed by atoms with Gasteiger partial charge in [0.05, 0.1) is 12.5 Å². The molecule has 1 rings (SSSR count). The lowest BCUT2D eigenvalue weighted by atomic mass is 10.1. The summed E-state index contributed by atoms with van der Waals surface area (Å²) in [6, 6.07) is 4.27. The number of halogens is 1. The van der Waals surface area contributed by atoms with Crippen LogP contribution in [0.3, 0.4) is 0 Å². The molecule has 1 aromatic carbocycles. The van der Waals surface area contributed by atoms with Crippen molar-refractivity contribution in [2.45, 2.75) is 19.9 Å². The van der Waals surface area contributed by atoms with E-state index in [4.69, 9.17) is 10.5 Å². The lowest BCUT2D eigenvalue weighted by Crippen LogP contribution is -2.26. The lowest BCUT2D eigenvalue weighted by molar-refractivity contribution is -0.122. The fourth-order valence-electron chi connectivity index (χ4n) is 1.44. The molecule has 0 saturated heterocycles. The molecule has 0 bridgehead atoms. The maximum Gasteiger partial charge on any atom is 0.223 e. The van der Waals surface area contributed by atoms with Crippen LogP contribution in [0.25, 0.3) is 0 Å². The van der Waals surface area contributed by atoms with Crippen molar-refractivity contribution in [2.24, 2.45) is 11.7 Å². The lowest BCUT2D eigenvalue weighted by Gasteiger charge is -2.17. The monoisotopic (exact) mass is 254 g/mol. The van der Waals surface area contributed by atoms with E-state index in [1.165, 1.54) is 12.1 Å². The fraction of sp³-hybridized carbons (Fsp3) is 0.462. The number of nitrogens with one attached hydrogen (secondary N) is 1. The maximum atomic E-state index is 13.2. The van der Waals surface area contributed by atoms with Crippen molar-refractivity contribution in [3.05, 3.63) is 29.6 Å². The molecule has 5 heteroatoms. The number of nitrogens with two attached hydrogens (primary N) is 1. The molecule has 0 radical (unpaired) electrons. The van der Waals surface area contributed by atoms with Crippen LogP contribution < -0.4 is 15.8 Å². The largest absolute Gasteiger partial charge is 0.492 e. The van der Waals surface area contributed by atoms with Gasteiger partial charge in [-0.2, -0.15) is 0 Å². The highest BCUT2D eigenvalue weighted by atomic mass is 19.1. The number of benzene rings is 1. The van der Waals surface area contributed by atoms with E-state index in [1.807, 2.05) is 6.92 Å². The normalized spacial score (nSPS) is 14.0. The van der Waals surface area contributed by atoms with Gasteiger partial charge in [0.1, 0.15) is 11.6 Å². The Bertz CT molecular complexity index is 423. The van der Waals surface area contributed by atoms with Crippen LogP contribution in [-0.4, -0.2) is 19.6 Å². The van der Waals surface area contributed by atoms with E-state index >= 15 is 0 Å². The smallest absolute Gasteiger partial charge is 0.223 e. The van der Waals surface area contributed by atoms with Crippen LogP contribution in [0.2, 0.25) is 0 Å². The average molecular weight is 254 g/mol. The Morgan fingerprint density at radius 2 is 2.17 bits per heavy atom. The molecular formula is C13H19FN2O2. The first-order valence-electron chi connectivity index (χ1n) is 5.84. The van der Waals surface area contributed by atoms with Crippen LogP contribution in [0, 0.1) is 11.7 Å². The highest BCUT2D eigenvalue weighted by Crippen LogP contribution is 2.26. The van der Waals surface area contributed by atoms with E-state index in [0.29, 0.717) is 11.3 Å². The van der Waals surface area contributed by atoms with Gasteiger partial charge in [0.25, 0.3) is 0 Å². The molecule has 4 nitrogen and oxygen atoms in total. The van der Waals surface area contributed by atoms with Crippen molar-refractivity contribution in [3.8, 4) is 5.75 Å². The quantitative estimate of drug-likeness (QED) is 0.810. The predicted octanol–water partition coefficient (Wildman–Crippen LogP) is 1.61. The summed E-state index contributed by atoms with van der Waals surface area (Å²) in [5.74, 6) is -0.554. The van der Waals surface area contributed by atoms with Crippen molar-refractivity contribution < 1.29 is 13.9 Å². The SMILES string of the molecule is CNC(C)c1cc(F)ccc1OCC(C)C(N)=O. The molecule has 100 valence electrons. The number of hydrogen-bond acceptors (Lipinski definition) is 3. The number of primary amides is 1. The zero-order chi connectivity index (χ0) is 13.7. The van der Waals surface area contributed by atoms with Crippen LogP contribution in [0.1, 0.15) is 25.5 Å². The molecule has 2 unspecified atom stereocenters. The molecule has 0 aliphatic heterocycles. The summed E-state index contributed by atoms with van der Waals surface area (Å²) < 4.78 is 18.7. The molecule has 3 N–H and O–H groups in total. The molecule has 1 amide bonds. The second-order valence-corrected chi connectivity index (χ2v) is 4.31. The van der Waals surface area contributed by atoms with E-state index in [2.05, 4.69) is 5.32 Å². The van der Waals surface area contributed by atoms with E-state index in [0.717, 1.165) is 0 Å². The summed E-state index contributed by atoms with van der Waals surface area (Å²) in [6.07, 6.45) is 0. The van der Waals surface area contributed by atoms with E-state index in [9.17, 15) is 9.18 Å². The maximum absolute atomic E-state index is 13.2. The van der Waals surface area contributed by atoms with Gasteiger partial charge in [-0.15, -0.1) is 0 Å². The Balaban J connectivity index is 2.84. The minimum absolute atomic E-state index is 0.0421. The van der Waals surface area contributed by atoms with Crippen LogP contribution in [-0.2, 0) is 4.79 Å². The fourth-order valence-corrected chi connectivity index (χ4v) is 1.44. The van der Waals surface area contributed by atoms with Gasteiger partial charge in [-0.1, -0.05) is 6.92 Å². The van der Waals surface area contributed by atoms with Crippen molar-refractivity contribution in [2.75, 3.05) is 13.7 Å². The first kappa shape index (κ1) is 14.4. The van der Waals surface area contributed by atoms with Crippen molar-refractivity contribution in [1.29, 1.82) is 0 Å². The highest BCUT2D eigenvalue weighted by Gasteiger charge is 2.14. The third-order valence-electron chi connectivity index (χ3n) is 2.85. The molecule has 2 atom stereocenters. The Labute approximate surface area is 106 Å². The van der Waals surface area contributed by atoms with Crippen LogP contribution >= 0.6 is 0 Å². The summed E-state index contributed by atoms with van der Waals surface area (Å²) >= 11 is 0. The van der Waals surface area contributed by atoms with Gasteiger partial charge >= 0.3 is 0 Å². The van der Waals surface area contributed by atoms with Crippen LogP contribution in [0.4, 0.5) is 4.39 Å². The zero-order valence-electron chi connectivity index (χ0n) is 10.9. The summed E-state index contributed by atoms with van der Waals surface area (Å²) in [5.41, 5.74) is 5.87. The Morgan fingerprint density at radius 1 is 1.50 bits per heavy atom. The van der Waals surface area contributed by atoms with Gasteiger partial charge in [0.2, 0.25) is 5.91 Å². The number of ether oxygens (including phenoxy) is 1. The molecule has 0 spiro atoms. The van der Waals surface area contributed by atoms with Crippen LogP contribution in [0.15, 0.2) is 18.2 Å². The minimum atomic E-state index is -0.416. The molecule has 0 fully saturated rings. The summed E-state index contributed by atoms with van der Waals surface area (Å²) in [4.78, 5) is 10.9. The number of amides is 1. The zero-order valence-corrected chi connectivity index (χ0v) is 10.9. The topological polar surface area (TPSA) is 64.3 Å². The summed E-state index contributed by atoms with van der Waals surface area (Å²) in [7, 11) is 1.78. The Hall–Kier alpha value is -1.62. The number of carbonyl (C=O) groups excluding carboxylic acids is 1. The molecule has 1 aromatic rings. The third-order valence-corrected chi connectivity index (χ3v) is 2.85. The van der Waals surface area contributed by atoms with Crippen molar-refractivity contribution in [3.63, 3.8) is 0 Å². The molecule has 18 heavy (non-hydrogen) atoms. The van der Waals surface area contributed by atoms with E-state index in [1.54, 1.807) is 20.0 Å². The molecule has 0 aromatic heterocycles. The molecule has 0 heterocycles. The van der Waals surface area contributed by atoms with Crippen LogP contribution in [0.5, 0.6) is 5.75 Å². The predicted molar refractivity (Wildman–Crippen MR) is 67.7 cm³/mol. The molecule has 0 aliphatic carbocycles. The summed E-state index contributed by atoms with van der Waals surface area (Å²) in [6.45, 7) is 3.77. The molecule has 0 saturated carbocycles. The van der Waals surface area contributed by atoms with Crippen molar-refractivity contribution in [1.82, 2.24) is 5.32 Å². The second kappa shape index (κ2) is 6.35. The van der Waals surface area contributed by atoms with Gasteiger partial charge in [-0.3, -0.25) is 4.79 Å². The average Bonchev–Trinajstić information content (AvgIpc) is 2.35. The van der Waals surface area contributed by atoms with Gasteiger partial charge < -0.3 is 15.8 Å². The van der Waals surface area contributed by atoms with E-state index in [-0.39, 0.29) is 24.4 Å². The highest BCUT2D eigenvalue weighted by molar-refractivity contribution is 5.76. The van der Waals surface area contributed by atoms with Gasteiger partial charge in [-0.05, 0) is 32.2 Å². The van der Waals surface area contributed by atoms with Gasteiger partial charge in [0.15, 0.2) is 0 Å². The second-order valence-electron chi connectivity index (χ2n) is 4.31. The van der Waals surface area contributed by atoms with E-state index < -0.39 is 5.91 Å². The Kier molecular flexibility index (Phi) is 5.09. The summed E-state index contributed by atoms with van der Waals surface area (Å²) in [5, 5.41) is 3.02. The Morgan fingerprint density at radius 3 is 2.72 bits per heavy atom. The van der Waals surface area contributed by atoms with Gasteiger partial charge in [0, 0.05) is 11.6 Å². The first-order valence-corrected chi connectivity index (χ1v) is 5.84. The molecular weight excluding hydrogens is 235 g/mol. The first-order chi connectivity index (χ1) is 8.45. The van der Waals surface area contributed by atoms with Gasteiger partial charge in [-0.25, -0.2) is 4.39 Å². The number of carbonyl (C=O) groups is 1.